The summed E-state index contributed by atoms with van der Waals surface area (Å²) in [5.41, 5.74) is 2.44. The van der Waals surface area contributed by atoms with Crippen molar-refractivity contribution in [3.63, 3.8) is 0 Å². The van der Waals surface area contributed by atoms with Crippen molar-refractivity contribution in [2.45, 2.75) is 20.8 Å². The number of benzene rings is 1. The summed E-state index contributed by atoms with van der Waals surface area (Å²) in [4.78, 5) is 0. The van der Waals surface area contributed by atoms with Crippen molar-refractivity contribution in [3.8, 4) is 5.75 Å². The lowest BCUT2D eigenvalue weighted by Gasteiger charge is -2.07. The highest BCUT2D eigenvalue weighted by molar-refractivity contribution is 9.10. The van der Waals surface area contributed by atoms with E-state index in [0.717, 1.165) is 12.4 Å². The van der Waals surface area contributed by atoms with E-state index in [1.54, 1.807) is 0 Å². The average molecular weight is 229 g/mol. The molecule has 0 fully saturated rings. The third-order valence-electron chi connectivity index (χ3n) is 1.72. The topological polar surface area (TPSA) is 9.23 Å². The summed E-state index contributed by atoms with van der Waals surface area (Å²) in [6.07, 6.45) is 0. The van der Waals surface area contributed by atoms with Gasteiger partial charge in [0.1, 0.15) is 5.75 Å². The van der Waals surface area contributed by atoms with Crippen LogP contribution in [0.25, 0.3) is 0 Å². The standard InChI is InChI=1S/C10H13BrO/c1-4-12-9-5-7(2)10(11)8(3)6-9/h5-6H,4H2,1-3H3. The summed E-state index contributed by atoms with van der Waals surface area (Å²) < 4.78 is 6.57. The van der Waals surface area contributed by atoms with Crippen LogP contribution in [0.5, 0.6) is 5.75 Å². The van der Waals surface area contributed by atoms with Crippen LogP contribution in [0.4, 0.5) is 0 Å². The Morgan fingerprint density at radius 3 is 2.17 bits per heavy atom. The monoisotopic (exact) mass is 228 g/mol. The molecule has 0 heterocycles. The molecule has 0 saturated heterocycles. The lowest BCUT2D eigenvalue weighted by Crippen LogP contribution is -1.93. The van der Waals surface area contributed by atoms with Gasteiger partial charge in [-0.2, -0.15) is 0 Å². The van der Waals surface area contributed by atoms with E-state index < -0.39 is 0 Å². The Morgan fingerprint density at radius 1 is 1.25 bits per heavy atom. The molecule has 2 heteroatoms. The molecule has 0 amide bonds. The third kappa shape index (κ3) is 2.01. The van der Waals surface area contributed by atoms with Gasteiger partial charge in [0.15, 0.2) is 0 Å². The largest absolute Gasteiger partial charge is 0.494 e. The van der Waals surface area contributed by atoms with Crippen molar-refractivity contribution in [1.82, 2.24) is 0 Å². The van der Waals surface area contributed by atoms with Crippen LogP contribution in [0.3, 0.4) is 0 Å². The second-order valence-corrected chi connectivity index (χ2v) is 3.60. The highest BCUT2D eigenvalue weighted by Crippen LogP contribution is 2.26. The zero-order chi connectivity index (χ0) is 9.14. The minimum absolute atomic E-state index is 0.723. The minimum atomic E-state index is 0.723. The van der Waals surface area contributed by atoms with Crippen LogP contribution in [0, 0.1) is 13.8 Å². The molecule has 0 unspecified atom stereocenters. The fourth-order valence-electron chi connectivity index (χ4n) is 1.16. The molecule has 12 heavy (non-hydrogen) atoms. The van der Waals surface area contributed by atoms with E-state index in [1.165, 1.54) is 15.6 Å². The zero-order valence-electron chi connectivity index (χ0n) is 7.65. The van der Waals surface area contributed by atoms with Gasteiger partial charge in [-0.15, -0.1) is 0 Å². The first kappa shape index (κ1) is 9.59. The quantitative estimate of drug-likeness (QED) is 0.754. The van der Waals surface area contributed by atoms with Crippen LogP contribution in [-0.4, -0.2) is 6.61 Å². The van der Waals surface area contributed by atoms with Crippen LogP contribution in [0.15, 0.2) is 16.6 Å². The summed E-state index contributed by atoms with van der Waals surface area (Å²) in [6, 6.07) is 4.08. The van der Waals surface area contributed by atoms with Crippen molar-refractivity contribution >= 4 is 15.9 Å². The Kier molecular flexibility index (Phi) is 3.15. The van der Waals surface area contributed by atoms with Crippen molar-refractivity contribution in [2.75, 3.05) is 6.61 Å². The van der Waals surface area contributed by atoms with Crippen molar-refractivity contribution in [2.24, 2.45) is 0 Å². The molecule has 0 spiro atoms. The van der Waals surface area contributed by atoms with Crippen molar-refractivity contribution < 1.29 is 4.74 Å². The summed E-state index contributed by atoms with van der Waals surface area (Å²) in [5.74, 6) is 0.954. The van der Waals surface area contributed by atoms with Crippen molar-refractivity contribution in [3.05, 3.63) is 27.7 Å². The number of aryl methyl sites for hydroxylation is 2. The van der Waals surface area contributed by atoms with E-state index >= 15 is 0 Å². The van der Waals surface area contributed by atoms with Crippen LogP contribution in [-0.2, 0) is 0 Å². The van der Waals surface area contributed by atoms with E-state index in [1.807, 2.05) is 19.1 Å². The number of halogens is 1. The van der Waals surface area contributed by atoms with Gasteiger partial charge in [-0.1, -0.05) is 15.9 Å². The molecule has 1 aromatic rings. The summed E-state index contributed by atoms with van der Waals surface area (Å²) in [6.45, 7) is 6.85. The predicted octanol–water partition coefficient (Wildman–Crippen LogP) is 3.46. The Balaban J connectivity index is 3.04. The van der Waals surface area contributed by atoms with E-state index in [0.29, 0.717) is 0 Å². The molecule has 0 N–H and O–H groups in total. The minimum Gasteiger partial charge on any atom is -0.494 e. The Bertz CT molecular complexity index is 258. The summed E-state index contributed by atoms with van der Waals surface area (Å²) in [7, 11) is 0. The second kappa shape index (κ2) is 3.94. The van der Waals surface area contributed by atoms with E-state index in [-0.39, 0.29) is 0 Å². The van der Waals surface area contributed by atoms with Gasteiger partial charge in [-0.3, -0.25) is 0 Å². The average Bonchev–Trinajstić information content (AvgIpc) is 2.01. The van der Waals surface area contributed by atoms with E-state index in [9.17, 15) is 0 Å². The molecule has 0 aliphatic carbocycles. The SMILES string of the molecule is CCOc1cc(C)c(Br)c(C)c1. The molecular formula is C10H13BrO. The van der Waals surface area contributed by atoms with Gasteiger partial charge in [-0.25, -0.2) is 0 Å². The molecule has 66 valence electrons. The van der Waals surface area contributed by atoms with Crippen LogP contribution in [0.1, 0.15) is 18.1 Å². The molecule has 1 aromatic carbocycles. The van der Waals surface area contributed by atoms with Gasteiger partial charge in [0.25, 0.3) is 0 Å². The molecule has 0 aliphatic heterocycles. The maximum Gasteiger partial charge on any atom is 0.119 e. The molecule has 0 aromatic heterocycles. The van der Waals surface area contributed by atoms with E-state index in [4.69, 9.17) is 4.74 Å². The first-order chi connectivity index (χ1) is 5.65. The lowest BCUT2D eigenvalue weighted by molar-refractivity contribution is 0.339. The first-order valence-corrected chi connectivity index (χ1v) is 4.84. The predicted molar refractivity (Wildman–Crippen MR) is 54.8 cm³/mol. The molecule has 1 rings (SSSR count). The molecular weight excluding hydrogens is 216 g/mol. The summed E-state index contributed by atoms with van der Waals surface area (Å²) in [5, 5.41) is 0. The number of rotatable bonds is 2. The molecule has 0 atom stereocenters. The first-order valence-electron chi connectivity index (χ1n) is 4.04. The normalized spacial score (nSPS) is 10.0. The molecule has 0 saturated carbocycles. The maximum atomic E-state index is 5.40. The zero-order valence-corrected chi connectivity index (χ0v) is 9.23. The van der Waals surface area contributed by atoms with Crippen LogP contribution in [0.2, 0.25) is 0 Å². The van der Waals surface area contributed by atoms with E-state index in [2.05, 4.69) is 29.8 Å². The van der Waals surface area contributed by atoms with Crippen LogP contribution < -0.4 is 4.74 Å². The molecule has 0 bridgehead atoms. The fraction of sp³-hybridized carbons (Fsp3) is 0.400. The Hall–Kier alpha value is -0.500. The lowest BCUT2D eigenvalue weighted by atomic mass is 10.1. The fourth-order valence-corrected chi connectivity index (χ4v) is 1.39. The number of ether oxygens (including phenoxy) is 1. The Labute approximate surface area is 81.9 Å². The highest BCUT2D eigenvalue weighted by Gasteiger charge is 2.01. The Morgan fingerprint density at radius 2 is 1.75 bits per heavy atom. The smallest absolute Gasteiger partial charge is 0.119 e. The van der Waals surface area contributed by atoms with Gasteiger partial charge >= 0.3 is 0 Å². The van der Waals surface area contributed by atoms with Gasteiger partial charge in [0.05, 0.1) is 6.61 Å². The highest BCUT2D eigenvalue weighted by atomic mass is 79.9. The van der Waals surface area contributed by atoms with Gasteiger partial charge in [-0.05, 0) is 44.0 Å². The molecule has 0 radical (unpaired) electrons. The van der Waals surface area contributed by atoms with Gasteiger partial charge in [0, 0.05) is 4.47 Å². The molecule has 1 nitrogen and oxygen atoms in total. The van der Waals surface area contributed by atoms with Gasteiger partial charge in [0.2, 0.25) is 0 Å². The number of hydrogen-bond acceptors (Lipinski definition) is 1. The second-order valence-electron chi connectivity index (χ2n) is 2.80. The maximum absolute atomic E-state index is 5.40. The number of hydrogen-bond donors (Lipinski definition) is 0. The van der Waals surface area contributed by atoms with Crippen LogP contribution >= 0.6 is 15.9 Å². The van der Waals surface area contributed by atoms with Gasteiger partial charge < -0.3 is 4.74 Å². The molecule has 0 aliphatic rings. The third-order valence-corrected chi connectivity index (χ3v) is 2.97. The van der Waals surface area contributed by atoms with Crippen molar-refractivity contribution in [1.29, 1.82) is 0 Å². The summed E-state index contributed by atoms with van der Waals surface area (Å²) >= 11 is 3.51.